The molecule has 5 heteroatoms. The maximum atomic E-state index is 4.87. The molecule has 0 unspecified atom stereocenters. The van der Waals surface area contributed by atoms with Crippen molar-refractivity contribution in [1.29, 1.82) is 0 Å². The van der Waals surface area contributed by atoms with Gasteiger partial charge in [0.1, 0.15) is 11.6 Å². The fourth-order valence-electron chi connectivity index (χ4n) is 1.15. The summed E-state index contributed by atoms with van der Waals surface area (Å²) in [6, 6.07) is 5.62. The van der Waals surface area contributed by atoms with Crippen LogP contribution in [0.15, 0.2) is 35.7 Å². The van der Waals surface area contributed by atoms with Gasteiger partial charge in [-0.1, -0.05) is 6.07 Å². The van der Waals surface area contributed by atoms with E-state index >= 15 is 0 Å². The molecule has 1 radical (unpaired) electrons. The van der Waals surface area contributed by atoms with Crippen molar-refractivity contribution in [2.45, 2.75) is 12.1 Å². The monoisotopic (exact) mass is 217 g/mol. The van der Waals surface area contributed by atoms with Gasteiger partial charge < -0.3 is 5.32 Å². The molecule has 0 fully saturated rings. The first-order chi connectivity index (χ1) is 7.25. The van der Waals surface area contributed by atoms with E-state index in [1.807, 2.05) is 19.1 Å². The fourth-order valence-corrected chi connectivity index (χ4v) is 1.31. The summed E-state index contributed by atoms with van der Waals surface area (Å²) in [6.07, 6.45) is 3.35. The highest BCUT2D eigenvalue weighted by Crippen LogP contribution is 2.15. The molecular formula is C10H9N4S. The van der Waals surface area contributed by atoms with E-state index in [2.05, 4.69) is 20.3 Å². The summed E-state index contributed by atoms with van der Waals surface area (Å²) in [7, 11) is 0. The topological polar surface area (TPSA) is 50.7 Å². The van der Waals surface area contributed by atoms with Crippen LogP contribution in [0.2, 0.25) is 0 Å². The van der Waals surface area contributed by atoms with Gasteiger partial charge in [0.2, 0.25) is 5.16 Å². The predicted octanol–water partition coefficient (Wildman–Crippen LogP) is 2.48. The number of aromatic nitrogens is 3. The molecule has 0 bridgehead atoms. The average Bonchev–Trinajstić information content (AvgIpc) is 2.22. The Morgan fingerprint density at radius 2 is 2.07 bits per heavy atom. The van der Waals surface area contributed by atoms with Crippen molar-refractivity contribution in [3.05, 3.63) is 36.2 Å². The third-order valence-electron chi connectivity index (χ3n) is 1.89. The first-order valence-corrected chi connectivity index (χ1v) is 4.85. The van der Waals surface area contributed by atoms with Crippen LogP contribution in [0.1, 0.15) is 5.56 Å². The van der Waals surface area contributed by atoms with Crippen molar-refractivity contribution >= 4 is 24.3 Å². The van der Waals surface area contributed by atoms with Gasteiger partial charge in [0, 0.05) is 12.4 Å². The Bertz CT molecular complexity index is 472. The number of anilines is 2. The Kier molecular flexibility index (Phi) is 2.73. The predicted molar refractivity (Wildman–Crippen MR) is 60.1 cm³/mol. The van der Waals surface area contributed by atoms with Gasteiger partial charge in [-0.2, -0.15) is 0 Å². The lowest BCUT2D eigenvalue weighted by Crippen LogP contribution is -1.98. The van der Waals surface area contributed by atoms with E-state index in [4.69, 9.17) is 12.6 Å². The molecule has 2 heterocycles. The number of hydrogen-bond acceptors (Lipinski definition) is 4. The number of hydrogen-bond donors (Lipinski definition) is 1. The summed E-state index contributed by atoms with van der Waals surface area (Å²) in [4.78, 5) is 12.1. The summed E-state index contributed by atoms with van der Waals surface area (Å²) in [5, 5.41) is 3.41. The molecule has 0 saturated heterocycles. The lowest BCUT2D eigenvalue weighted by molar-refractivity contribution is 0.977. The number of pyridine rings is 1. The van der Waals surface area contributed by atoms with E-state index in [9.17, 15) is 0 Å². The molecule has 0 aliphatic heterocycles. The summed E-state index contributed by atoms with van der Waals surface area (Å²) < 4.78 is 0. The van der Waals surface area contributed by atoms with Gasteiger partial charge >= 0.3 is 0 Å². The SMILES string of the molecule is Cc1cccnc1Nc1ccnc([S])n1. The summed E-state index contributed by atoms with van der Waals surface area (Å²) >= 11 is 4.87. The molecule has 0 amide bonds. The molecule has 0 atom stereocenters. The second-order valence-electron chi connectivity index (χ2n) is 3.02. The molecule has 0 aliphatic carbocycles. The molecule has 4 nitrogen and oxygen atoms in total. The molecule has 1 N–H and O–H groups in total. The first kappa shape index (κ1) is 9.79. The van der Waals surface area contributed by atoms with Crippen LogP contribution in [0.5, 0.6) is 0 Å². The fraction of sp³-hybridized carbons (Fsp3) is 0.100. The smallest absolute Gasteiger partial charge is 0.221 e. The van der Waals surface area contributed by atoms with E-state index in [-0.39, 0.29) is 0 Å². The zero-order valence-corrected chi connectivity index (χ0v) is 8.95. The van der Waals surface area contributed by atoms with Crippen molar-refractivity contribution in [2.75, 3.05) is 5.32 Å². The third-order valence-corrected chi connectivity index (χ3v) is 2.09. The number of rotatable bonds is 2. The minimum atomic E-state index is 0.327. The van der Waals surface area contributed by atoms with E-state index in [0.29, 0.717) is 11.0 Å². The lowest BCUT2D eigenvalue weighted by Gasteiger charge is -2.06. The Hall–Kier alpha value is -1.75. The Morgan fingerprint density at radius 3 is 2.80 bits per heavy atom. The second kappa shape index (κ2) is 4.18. The van der Waals surface area contributed by atoms with Crippen molar-refractivity contribution in [3.8, 4) is 0 Å². The lowest BCUT2D eigenvalue weighted by atomic mass is 10.3. The minimum absolute atomic E-state index is 0.327. The van der Waals surface area contributed by atoms with Crippen molar-refractivity contribution < 1.29 is 0 Å². The third kappa shape index (κ3) is 2.38. The first-order valence-electron chi connectivity index (χ1n) is 4.44. The Labute approximate surface area is 93.2 Å². The average molecular weight is 217 g/mol. The standard InChI is InChI=1S/C10H9N4S/c1-7-3-2-5-11-9(7)13-8-4-6-12-10(15)14-8/h2-6H,1H3,(H,11,12,13,14). The van der Waals surface area contributed by atoms with E-state index < -0.39 is 0 Å². The second-order valence-corrected chi connectivity index (χ2v) is 3.38. The van der Waals surface area contributed by atoms with Crippen molar-refractivity contribution in [3.63, 3.8) is 0 Å². The van der Waals surface area contributed by atoms with E-state index in [1.165, 1.54) is 0 Å². The molecule has 0 aliphatic rings. The van der Waals surface area contributed by atoms with Gasteiger partial charge in [0.15, 0.2) is 0 Å². The highest BCUT2D eigenvalue weighted by molar-refractivity contribution is 7.80. The van der Waals surface area contributed by atoms with Crippen LogP contribution < -0.4 is 5.32 Å². The van der Waals surface area contributed by atoms with Crippen LogP contribution in [0.4, 0.5) is 11.6 Å². The van der Waals surface area contributed by atoms with Gasteiger partial charge in [-0.05, 0) is 37.2 Å². The molecule has 2 aromatic heterocycles. The van der Waals surface area contributed by atoms with Gasteiger partial charge in [-0.25, -0.2) is 15.0 Å². The number of nitrogens with one attached hydrogen (secondary N) is 1. The zero-order chi connectivity index (χ0) is 10.7. The summed E-state index contributed by atoms with van der Waals surface area (Å²) in [5.41, 5.74) is 1.06. The maximum Gasteiger partial charge on any atom is 0.221 e. The van der Waals surface area contributed by atoms with Gasteiger partial charge in [-0.3, -0.25) is 0 Å². The molecule has 15 heavy (non-hydrogen) atoms. The van der Waals surface area contributed by atoms with Crippen LogP contribution in [-0.4, -0.2) is 15.0 Å². The number of nitrogens with zero attached hydrogens (tertiary/aromatic N) is 3. The molecule has 0 saturated carbocycles. The van der Waals surface area contributed by atoms with Gasteiger partial charge in [-0.15, -0.1) is 0 Å². The Balaban J connectivity index is 2.26. The molecule has 0 spiro atoms. The van der Waals surface area contributed by atoms with Crippen molar-refractivity contribution in [1.82, 2.24) is 15.0 Å². The molecule has 75 valence electrons. The van der Waals surface area contributed by atoms with Crippen LogP contribution in [-0.2, 0) is 0 Å². The maximum absolute atomic E-state index is 4.87. The van der Waals surface area contributed by atoms with Crippen molar-refractivity contribution in [2.24, 2.45) is 0 Å². The van der Waals surface area contributed by atoms with Crippen LogP contribution in [0, 0.1) is 6.92 Å². The minimum Gasteiger partial charge on any atom is -0.325 e. The van der Waals surface area contributed by atoms with Crippen LogP contribution in [0.3, 0.4) is 0 Å². The zero-order valence-electron chi connectivity index (χ0n) is 8.14. The largest absolute Gasteiger partial charge is 0.325 e. The number of aryl methyl sites for hydroxylation is 1. The normalized spacial score (nSPS) is 9.93. The van der Waals surface area contributed by atoms with E-state index in [0.717, 1.165) is 11.4 Å². The van der Waals surface area contributed by atoms with Crippen LogP contribution >= 0.6 is 12.6 Å². The highest BCUT2D eigenvalue weighted by atomic mass is 32.1. The Morgan fingerprint density at radius 1 is 1.20 bits per heavy atom. The van der Waals surface area contributed by atoms with Gasteiger partial charge in [0.05, 0.1) is 0 Å². The molecule has 0 aromatic carbocycles. The summed E-state index contributed by atoms with van der Waals surface area (Å²) in [5.74, 6) is 1.45. The van der Waals surface area contributed by atoms with Gasteiger partial charge in [0.25, 0.3) is 0 Å². The highest BCUT2D eigenvalue weighted by Gasteiger charge is 2.00. The van der Waals surface area contributed by atoms with E-state index in [1.54, 1.807) is 18.5 Å². The quantitative estimate of drug-likeness (QED) is 0.785. The molecule has 2 rings (SSSR count). The molecular weight excluding hydrogens is 208 g/mol. The molecule has 2 aromatic rings. The van der Waals surface area contributed by atoms with Crippen LogP contribution in [0.25, 0.3) is 0 Å². The summed E-state index contributed by atoms with van der Waals surface area (Å²) in [6.45, 7) is 1.98.